The van der Waals surface area contributed by atoms with Crippen molar-refractivity contribution in [2.75, 3.05) is 6.61 Å². The number of carbonyl (C=O) groups is 2. The molecule has 0 saturated heterocycles. The lowest BCUT2D eigenvalue weighted by molar-refractivity contribution is -0.130. The quantitative estimate of drug-likeness (QED) is 0.828. The van der Waals surface area contributed by atoms with E-state index in [-0.39, 0.29) is 18.9 Å². The van der Waals surface area contributed by atoms with E-state index in [1.165, 1.54) is 0 Å². The molecule has 1 aromatic carbocycles. The second-order valence-corrected chi connectivity index (χ2v) is 5.92. The van der Waals surface area contributed by atoms with Gasteiger partial charge < -0.3 is 15.8 Å². The van der Waals surface area contributed by atoms with Crippen molar-refractivity contribution in [3.8, 4) is 5.75 Å². The van der Waals surface area contributed by atoms with Crippen LogP contribution in [-0.2, 0) is 9.59 Å². The van der Waals surface area contributed by atoms with E-state index >= 15 is 0 Å². The molecule has 20 heavy (non-hydrogen) atoms. The Bertz CT molecular complexity index is 515. The first-order valence-electron chi connectivity index (χ1n) is 6.22. The molecule has 0 radical (unpaired) electrons. The van der Waals surface area contributed by atoms with Gasteiger partial charge in [0.25, 0.3) is 0 Å². The highest BCUT2D eigenvalue weighted by Gasteiger charge is 2.26. The van der Waals surface area contributed by atoms with Crippen LogP contribution in [0, 0.1) is 6.92 Å². The summed E-state index contributed by atoms with van der Waals surface area (Å²) in [5, 5.41) is 2.56. The molecule has 0 aliphatic heterocycles. The van der Waals surface area contributed by atoms with Crippen LogP contribution in [0.25, 0.3) is 0 Å². The number of aryl methyl sites for hydroxylation is 1. The van der Waals surface area contributed by atoms with E-state index in [0.29, 0.717) is 5.75 Å². The SMILES string of the molecule is Cc1ccc(OCCC(=O)NC(C)(C)C(N)=O)c(Br)c1. The van der Waals surface area contributed by atoms with Crippen molar-refractivity contribution in [2.24, 2.45) is 5.73 Å². The molecule has 0 bridgehead atoms. The van der Waals surface area contributed by atoms with Gasteiger partial charge >= 0.3 is 0 Å². The van der Waals surface area contributed by atoms with Crippen molar-refractivity contribution in [1.82, 2.24) is 5.32 Å². The Kier molecular flexibility index (Phi) is 5.56. The molecule has 0 spiro atoms. The van der Waals surface area contributed by atoms with Gasteiger partial charge in [0.05, 0.1) is 17.5 Å². The van der Waals surface area contributed by atoms with Crippen molar-refractivity contribution in [3.63, 3.8) is 0 Å². The van der Waals surface area contributed by atoms with Crippen LogP contribution in [0.3, 0.4) is 0 Å². The van der Waals surface area contributed by atoms with Gasteiger partial charge in [-0.1, -0.05) is 6.07 Å². The molecule has 0 aromatic heterocycles. The number of amides is 2. The molecule has 6 heteroatoms. The molecular formula is C14H19BrN2O3. The molecule has 110 valence electrons. The lowest BCUT2D eigenvalue weighted by Crippen LogP contribution is -2.53. The Labute approximate surface area is 127 Å². The number of primary amides is 1. The first-order chi connectivity index (χ1) is 9.22. The van der Waals surface area contributed by atoms with E-state index in [9.17, 15) is 9.59 Å². The molecule has 0 saturated carbocycles. The van der Waals surface area contributed by atoms with Crippen LogP contribution in [0.1, 0.15) is 25.8 Å². The molecule has 1 aromatic rings. The zero-order valence-corrected chi connectivity index (χ0v) is 13.4. The number of ether oxygens (including phenoxy) is 1. The van der Waals surface area contributed by atoms with Crippen molar-refractivity contribution in [3.05, 3.63) is 28.2 Å². The van der Waals surface area contributed by atoms with Crippen LogP contribution >= 0.6 is 15.9 Å². The van der Waals surface area contributed by atoms with Crippen molar-refractivity contribution >= 4 is 27.7 Å². The van der Waals surface area contributed by atoms with Crippen LogP contribution in [0.5, 0.6) is 5.75 Å². The van der Waals surface area contributed by atoms with Gasteiger partial charge in [0.15, 0.2) is 0 Å². The molecule has 0 unspecified atom stereocenters. The highest BCUT2D eigenvalue weighted by atomic mass is 79.9. The molecule has 2 amide bonds. The summed E-state index contributed by atoms with van der Waals surface area (Å²) in [7, 11) is 0. The van der Waals surface area contributed by atoms with Crippen molar-refractivity contribution in [2.45, 2.75) is 32.7 Å². The lowest BCUT2D eigenvalue weighted by Gasteiger charge is -2.22. The van der Waals surface area contributed by atoms with Gasteiger partial charge in [-0.25, -0.2) is 0 Å². The minimum Gasteiger partial charge on any atom is -0.492 e. The van der Waals surface area contributed by atoms with Crippen LogP contribution in [0.4, 0.5) is 0 Å². The van der Waals surface area contributed by atoms with E-state index in [2.05, 4.69) is 21.2 Å². The number of nitrogens with two attached hydrogens (primary N) is 1. The van der Waals surface area contributed by atoms with Crippen LogP contribution in [-0.4, -0.2) is 24.0 Å². The number of carbonyl (C=O) groups excluding carboxylic acids is 2. The van der Waals surface area contributed by atoms with E-state index in [1.807, 2.05) is 25.1 Å². The normalized spacial score (nSPS) is 11.0. The summed E-state index contributed by atoms with van der Waals surface area (Å²) in [5.74, 6) is -0.178. The average Bonchev–Trinajstić information content (AvgIpc) is 2.31. The van der Waals surface area contributed by atoms with E-state index in [1.54, 1.807) is 13.8 Å². The van der Waals surface area contributed by atoms with Gasteiger partial charge in [-0.15, -0.1) is 0 Å². The van der Waals surface area contributed by atoms with Gasteiger partial charge in [-0.2, -0.15) is 0 Å². The van der Waals surface area contributed by atoms with Crippen LogP contribution in [0.2, 0.25) is 0 Å². The number of halogens is 1. The molecule has 3 N–H and O–H groups in total. The van der Waals surface area contributed by atoms with E-state index in [0.717, 1.165) is 10.0 Å². The maximum atomic E-state index is 11.7. The zero-order chi connectivity index (χ0) is 15.3. The monoisotopic (exact) mass is 342 g/mol. The Balaban J connectivity index is 2.45. The number of rotatable bonds is 6. The number of nitrogens with one attached hydrogen (secondary N) is 1. The Morgan fingerprint density at radius 3 is 2.60 bits per heavy atom. The van der Waals surface area contributed by atoms with Gasteiger partial charge in [0.1, 0.15) is 11.3 Å². The predicted molar refractivity (Wildman–Crippen MR) is 80.4 cm³/mol. The molecule has 0 heterocycles. The molecule has 5 nitrogen and oxygen atoms in total. The first-order valence-corrected chi connectivity index (χ1v) is 7.01. The standard InChI is InChI=1S/C14H19BrN2O3/c1-9-4-5-11(10(15)8-9)20-7-6-12(18)17-14(2,3)13(16)19/h4-5,8H,6-7H2,1-3H3,(H2,16,19)(H,17,18). The molecule has 0 aliphatic rings. The number of benzene rings is 1. The molecule has 0 fully saturated rings. The van der Waals surface area contributed by atoms with Gasteiger partial charge in [-0.05, 0) is 54.4 Å². The molecule has 1 rings (SSSR count). The second-order valence-electron chi connectivity index (χ2n) is 5.07. The number of hydrogen-bond donors (Lipinski definition) is 2. The van der Waals surface area contributed by atoms with Crippen molar-refractivity contribution < 1.29 is 14.3 Å². The third kappa shape index (κ3) is 4.85. The van der Waals surface area contributed by atoms with E-state index < -0.39 is 11.4 Å². The molecule has 0 aliphatic carbocycles. The first kappa shape index (κ1) is 16.5. The minimum absolute atomic E-state index is 0.150. The van der Waals surface area contributed by atoms with Gasteiger partial charge in [-0.3, -0.25) is 9.59 Å². The fourth-order valence-electron chi connectivity index (χ4n) is 1.45. The third-order valence-electron chi connectivity index (χ3n) is 2.74. The highest BCUT2D eigenvalue weighted by Crippen LogP contribution is 2.25. The summed E-state index contributed by atoms with van der Waals surface area (Å²) >= 11 is 3.40. The van der Waals surface area contributed by atoms with Crippen LogP contribution in [0.15, 0.2) is 22.7 Å². The summed E-state index contributed by atoms with van der Waals surface area (Å²) in [4.78, 5) is 22.8. The summed E-state index contributed by atoms with van der Waals surface area (Å²) < 4.78 is 6.36. The second kappa shape index (κ2) is 6.74. The summed E-state index contributed by atoms with van der Waals surface area (Å²) in [6.45, 7) is 5.32. The largest absolute Gasteiger partial charge is 0.492 e. The van der Waals surface area contributed by atoms with Gasteiger partial charge in [0, 0.05) is 0 Å². The maximum absolute atomic E-state index is 11.7. The lowest BCUT2D eigenvalue weighted by atomic mass is 10.1. The molecular weight excluding hydrogens is 324 g/mol. The minimum atomic E-state index is -1.05. The predicted octanol–water partition coefficient (Wildman–Crippen LogP) is 1.91. The van der Waals surface area contributed by atoms with Crippen LogP contribution < -0.4 is 15.8 Å². The summed E-state index contributed by atoms with van der Waals surface area (Å²) in [6, 6.07) is 5.70. The summed E-state index contributed by atoms with van der Waals surface area (Å²) in [5.41, 5.74) is 5.24. The third-order valence-corrected chi connectivity index (χ3v) is 3.36. The fraction of sp³-hybridized carbons (Fsp3) is 0.429. The topological polar surface area (TPSA) is 81.4 Å². The zero-order valence-electron chi connectivity index (χ0n) is 11.8. The fourth-order valence-corrected chi connectivity index (χ4v) is 2.06. The summed E-state index contributed by atoms with van der Waals surface area (Å²) in [6.07, 6.45) is 0.150. The Hall–Kier alpha value is -1.56. The highest BCUT2D eigenvalue weighted by molar-refractivity contribution is 9.10. The van der Waals surface area contributed by atoms with Crippen molar-refractivity contribution in [1.29, 1.82) is 0 Å². The van der Waals surface area contributed by atoms with E-state index in [4.69, 9.17) is 10.5 Å². The smallest absolute Gasteiger partial charge is 0.242 e. The Morgan fingerprint density at radius 2 is 2.05 bits per heavy atom. The number of hydrogen-bond acceptors (Lipinski definition) is 3. The maximum Gasteiger partial charge on any atom is 0.242 e. The molecule has 0 atom stereocenters. The Morgan fingerprint density at radius 1 is 1.40 bits per heavy atom. The van der Waals surface area contributed by atoms with Gasteiger partial charge in [0.2, 0.25) is 11.8 Å². The average molecular weight is 343 g/mol.